The van der Waals surface area contributed by atoms with Crippen molar-refractivity contribution >= 4 is 11.6 Å². The molecule has 0 aromatic heterocycles. The highest BCUT2D eigenvalue weighted by Crippen LogP contribution is 2.38. The molecule has 1 aliphatic heterocycles. The van der Waals surface area contributed by atoms with Crippen LogP contribution in [0.25, 0.3) is 0 Å². The van der Waals surface area contributed by atoms with Gasteiger partial charge in [0.15, 0.2) is 0 Å². The highest BCUT2D eigenvalue weighted by Gasteiger charge is 2.33. The number of hydrogen-bond acceptors (Lipinski definition) is 5. The number of hydrazone groups is 1. The first-order valence-electron chi connectivity index (χ1n) is 9.67. The molecule has 0 saturated heterocycles. The summed E-state index contributed by atoms with van der Waals surface area (Å²) < 4.78 is 16.4. The van der Waals surface area contributed by atoms with Crippen LogP contribution >= 0.6 is 0 Å². The van der Waals surface area contributed by atoms with Crippen LogP contribution in [0.5, 0.6) is 17.2 Å². The Morgan fingerprint density at radius 2 is 1.72 bits per heavy atom. The summed E-state index contributed by atoms with van der Waals surface area (Å²) in [6, 6.07) is 11.5. The molecule has 3 rings (SSSR count). The molecule has 6 nitrogen and oxygen atoms in total. The van der Waals surface area contributed by atoms with E-state index in [-0.39, 0.29) is 11.9 Å². The van der Waals surface area contributed by atoms with Crippen molar-refractivity contribution in [2.45, 2.75) is 39.2 Å². The summed E-state index contributed by atoms with van der Waals surface area (Å²) in [5.41, 5.74) is 3.77. The zero-order valence-electron chi connectivity index (χ0n) is 17.9. The summed E-state index contributed by atoms with van der Waals surface area (Å²) >= 11 is 0. The molecule has 0 saturated carbocycles. The van der Waals surface area contributed by atoms with Gasteiger partial charge in [0.1, 0.15) is 17.2 Å². The second kappa shape index (κ2) is 8.55. The normalized spacial score (nSPS) is 16.0. The Kier molecular flexibility index (Phi) is 6.11. The van der Waals surface area contributed by atoms with Crippen LogP contribution in [0, 0.1) is 0 Å². The molecule has 1 amide bonds. The molecule has 0 aliphatic carbocycles. The van der Waals surface area contributed by atoms with E-state index in [2.05, 4.69) is 25.0 Å². The molecule has 6 heteroatoms. The van der Waals surface area contributed by atoms with Crippen LogP contribution in [0.3, 0.4) is 0 Å². The van der Waals surface area contributed by atoms with E-state index in [0.717, 1.165) is 28.2 Å². The molecule has 0 fully saturated rings. The van der Waals surface area contributed by atoms with E-state index in [4.69, 9.17) is 14.2 Å². The Balaban J connectivity index is 2.02. The average molecular weight is 396 g/mol. The number of carbonyl (C=O) groups is 1. The molecule has 2 aromatic rings. The lowest BCUT2D eigenvalue weighted by atomic mass is 9.93. The standard InChI is InChI=1S/C23H28N2O4/c1-14(2)18-11-16(7-9-22(18)28-5)21-13-20(24-25(21)15(3)26)19-12-17(27-4)8-10-23(19)29-6/h7-12,14,21H,13H2,1-6H3. The minimum absolute atomic E-state index is 0.103. The summed E-state index contributed by atoms with van der Waals surface area (Å²) in [6.07, 6.45) is 0.590. The zero-order valence-corrected chi connectivity index (χ0v) is 17.9. The van der Waals surface area contributed by atoms with Crippen LogP contribution < -0.4 is 14.2 Å². The lowest BCUT2D eigenvalue weighted by Crippen LogP contribution is -2.24. The maximum Gasteiger partial charge on any atom is 0.240 e. The van der Waals surface area contributed by atoms with Crippen LogP contribution in [0.2, 0.25) is 0 Å². The highest BCUT2D eigenvalue weighted by molar-refractivity contribution is 6.05. The van der Waals surface area contributed by atoms with E-state index in [1.54, 1.807) is 26.3 Å². The van der Waals surface area contributed by atoms with Gasteiger partial charge in [-0.05, 0) is 47.4 Å². The van der Waals surface area contributed by atoms with Crippen molar-refractivity contribution in [1.82, 2.24) is 5.01 Å². The molecule has 1 unspecified atom stereocenters. The summed E-state index contributed by atoms with van der Waals surface area (Å²) in [5, 5.41) is 6.21. The van der Waals surface area contributed by atoms with Gasteiger partial charge in [0, 0.05) is 18.9 Å². The molecule has 1 atom stereocenters. The largest absolute Gasteiger partial charge is 0.497 e. The number of benzene rings is 2. The Hall–Kier alpha value is -3.02. The third-order valence-electron chi connectivity index (χ3n) is 5.21. The molecule has 0 bridgehead atoms. The average Bonchev–Trinajstić information content (AvgIpc) is 3.18. The van der Waals surface area contributed by atoms with Gasteiger partial charge in [0.2, 0.25) is 5.91 Å². The SMILES string of the molecule is COc1ccc(OC)c(C2=NN(C(C)=O)C(c3ccc(OC)c(C(C)C)c3)C2)c1. The first-order valence-corrected chi connectivity index (χ1v) is 9.67. The molecule has 154 valence electrons. The first kappa shape index (κ1) is 20.7. The van der Waals surface area contributed by atoms with Crippen LogP contribution in [-0.4, -0.2) is 38.0 Å². The van der Waals surface area contributed by atoms with Crippen LogP contribution in [0.15, 0.2) is 41.5 Å². The molecular formula is C23H28N2O4. The van der Waals surface area contributed by atoms with Gasteiger partial charge in [0.25, 0.3) is 0 Å². The van der Waals surface area contributed by atoms with Crippen molar-refractivity contribution in [2.24, 2.45) is 5.10 Å². The van der Waals surface area contributed by atoms with Gasteiger partial charge in [-0.25, -0.2) is 5.01 Å². The van der Waals surface area contributed by atoms with Crippen molar-refractivity contribution in [3.05, 3.63) is 53.1 Å². The minimum Gasteiger partial charge on any atom is -0.497 e. The van der Waals surface area contributed by atoms with E-state index in [0.29, 0.717) is 23.8 Å². The minimum atomic E-state index is -0.179. The van der Waals surface area contributed by atoms with E-state index in [1.165, 1.54) is 6.92 Å². The molecule has 0 spiro atoms. The monoisotopic (exact) mass is 396 g/mol. The third-order valence-corrected chi connectivity index (χ3v) is 5.21. The predicted octanol–water partition coefficient (Wildman–Crippen LogP) is 4.53. The van der Waals surface area contributed by atoms with Crippen molar-refractivity contribution in [3.63, 3.8) is 0 Å². The second-order valence-corrected chi connectivity index (χ2v) is 7.35. The van der Waals surface area contributed by atoms with Gasteiger partial charge in [-0.3, -0.25) is 4.79 Å². The molecule has 0 radical (unpaired) electrons. The van der Waals surface area contributed by atoms with Crippen molar-refractivity contribution in [3.8, 4) is 17.2 Å². The zero-order chi connectivity index (χ0) is 21.1. The first-order chi connectivity index (χ1) is 13.9. The maximum absolute atomic E-state index is 12.4. The fraction of sp³-hybridized carbons (Fsp3) is 0.391. The van der Waals surface area contributed by atoms with Crippen molar-refractivity contribution in [2.75, 3.05) is 21.3 Å². The van der Waals surface area contributed by atoms with E-state index < -0.39 is 0 Å². The van der Waals surface area contributed by atoms with Gasteiger partial charge < -0.3 is 14.2 Å². The smallest absolute Gasteiger partial charge is 0.240 e. The molecule has 1 aliphatic rings. The second-order valence-electron chi connectivity index (χ2n) is 7.35. The Morgan fingerprint density at radius 3 is 2.31 bits per heavy atom. The number of rotatable bonds is 6. The van der Waals surface area contributed by atoms with Gasteiger partial charge in [-0.2, -0.15) is 5.10 Å². The molecular weight excluding hydrogens is 368 g/mol. The third kappa shape index (κ3) is 4.06. The van der Waals surface area contributed by atoms with Crippen LogP contribution in [0.1, 0.15) is 55.8 Å². The summed E-state index contributed by atoms with van der Waals surface area (Å²) in [5.74, 6) is 2.47. The number of methoxy groups -OCH3 is 3. The number of amides is 1. The Morgan fingerprint density at radius 1 is 1.03 bits per heavy atom. The van der Waals surface area contributed by atoms with E-state index in [1.807, 2.05) is 30.3 Å². The number of carbonyl (C=O) groups excluding carboxylic acids is 1. The van der Waals surface area contributed by atoms with E-state index >= 15 is 0 Å². The summed E-state index contributed by atoms with van der Waals surface area (Å²) in [7, 11) is 4.92. The van der Waals surface area contributed by atoms with Gasteiger partial charge in [0.05, 0.1) is 33.1 Å². The fourth-order valence-corrected chi connectivity index (χ4v) is 3.67. The Labute approximate surface area is 172 Å². The molecule has 2 aromatic carbocycles. The van der Waals surface area contributed by atoms with Crippen LogP contribution in [0.4, 0.5) is 0 Å². The summed E-state index contributed by atoms with van der Waals surface area (Å²) in [6.45, 7) is 5.79. The van der Waals surface area contributed by atoms with Gasteiger partial charge in [-0.15, -0.1) is 0 Å². The van der Waals surface area contributed by atoms with E-state index in [9.17, 15) is 4.79 Å². The number of nitrogens with zero attached hydrogens (tertiary/aromatic N) is 2. The van der Waals surface area contributed by atoms with Gasteiger partial charge in [-0.1, -0.05) is 19.9 Å². The predicted molar refractivity (Wildman–Crippen MR) is 113 cm³/mol. The molecule has 1 heterocycles. The highest BCUT2D eigenvalue weighted by atomic mass is 16.5. The fourth-order valence-electron chi connectivity index (χ4n) is 3.67. The van der Waals surface area contributed by atoms with Crippen molar-refractivity contribution in [1.29, 1.82) is 0 Å². The molecule has 29 heavy (non-hydrogen) atoms. The topological polar surface area (TPSA) is 60.4 Å². The number of ether oxygens (including phenoxy) is 3. The van der Waals surface area contributed by atoms with Gasteiger partial charge >= 0.3 is 0 Å². The lowest BCUT2D eigenvalue weighted by molar-refractivity contribution is -0.130. The Bertz CT molecular complexity index is 936. The lowest BCUT2D eigenvalue weighted by Gasteiger charge is -2.22. The molecule has 0 N–H and O–H groups in total. The summed E-state index contributed by atoms with van der Waals surface area (Å²) in [4.78, 5) is 12.4. The quantitative estimate of drug-likeness (QED) is 0.720. The van der Waals surface area contributed by atoms with Crippen LogP contribution in [-0.2, 0) is 4.79 Å². The number of hydrogen-bond donors (Lipinski definition) is 0. The maximum atomic E-state index is 12.4. The van der Waals surface area contributed by atoms with Crippen molar-refractivity contribution < 1.29 is 19.0 Å².